The maximum absolute atomic E-state index is 10.6. The molecule has 0 bridgehead atoms. The summed E-state index contributed by atoms with van der Waals surface area (Å²) in [5.74, 6) is 0.448. The Morgan fingerprint density at radius 3 is 3.00 bits per heavy atom. The fourth-order valence-electron chi connectivity index (χ4n) is 2.09. The number of nitrogens with zero attached hydrogens (tertiary/aromatic N) is 1. The van der Waals surface area contributed by atoms with Crippen molar-refractivity contribution >= 4 is 11.7 Å². The Morgan fingerprint density at radius 2 is 2.31 bits per heavy atom. The molecule has 1 atom stereocenters. The molecule has 0 heterocycles. The van der Waals surface area contributed by atoms with Crippen LogP contribution in [-0.4, -0.2) is 11.7 Å². The van der Waals surface area contributed by atoms with Crippen molar-refractivity contribution in [3.8, 4) is 0 Å². The Balaban J connectivity index is 2.37. The zero-order valence-electron chi connectivity index (χ0n) is 9.45. The second-order valence-electron chi connectivity index (χ2n) is 4.23. The van der Waals surface area contributed by atoms with Gasteiger partial charge in [-0.25, -0.2) is 10.2 Å². The van der Waals surface area contributed by atoms with Gasteiger partial charge in [0.05, 0.1) is 5.71 Å². The van der Waals surface area contributed by atoms with Crippen LogP contribution in [0.3, 0.4) is 0 Å². The van der Waals surface area contributed by atoms with E-state index in [-0.39, 0.29) is 0 Å². The second-order valence-corrected chi connectivity index (χ2v) is 4.23. The van der Waals surface area contributed by atoms with E-state index < -0.39 is 6.03 Å². The average Bonchev–Trinajstić information content (AvgIpc) is 2.52. The number of hydrogen-bond donors (Lipinski definition) is 2. The van der Waals surface area contributed by atoms with E-state index in [0.29, 0.717) is 5.92 Å². The van der Waals surface area contributed by atoms with Crippen LogP contribution in [0.1, 0.15) is 36.0 Å². The number of primary amides is 1. The molecule has 0 radical (unpaired) electrons. The van der Waals surface area contributed by atoms with Gasteiger partial charge in [0.25, 0.3) is 0 Å². The van der Waals surface area contributed by atoms with Crippen molar-refractivity contribution in [2.45, 2.75) is 26.2 Å². The van der Waals surface area contributed by atoms with Crippen molar-refractivity contribution in [3.63, 3.8) is 0 Å². The highest BCUT2D eigenvalue weighted by Crippen LogP contribution is 2.33. The van der Waals surface area contributed by atoms with E-state index in [0.717, 1.165) is 17.7 Å². The first-order valence-corrected chi connectivity index (χ1v) is 5.31. The first-order valence-electron chi connectivity index (χ1n) is 5.31. The summed E-state index contributed by atoms with van der Waals surface area (Å²) in [5, 5.41) is 4.05. The lowest BCUT2D eigenvalue weighted by Gasteiger charge is -2.03. The number of nitrogens with two attached hydrogens (primary N) is 1. The van der Waals surface area contributed by atoms with E-state index in [1.807, 2.05) is 6.92 Å². The van der Waals surface area contributed by atoms with Crippen LogP contribution < -0.4 is 11.2 Å². The summed E-state index contributed by atoms with van der Waals surface area (Å²) in [6.45, 7) is 4.20. The topological polar surface area (TPSA) is 67.5 Å². The van der Waals surface area contributed by atoms with Gasteiger partial charge in [0, 0.05) is 5.56 Å². The molecule has 0 fully saturated rings. The van der Waals surface area contributed by atoms with E-state index in [9.17, 15) is 4.79 Å². The quantitative estimate of drug-likeness (QED) is 0.693. The van der Waals surface area contributed by atoms with Crippen molar-refractivity contribution in [2.75, 3.05) is 0 Å². The van der Waals surface area contributed by atoms with Gasteiger partial charge in [0.2, 0.25) is 0 Å². The third-order valence-electron chi connectivity index (χ3n) is 2.85. The number of urea groups is 1. The molecular weight excluding hydrogens is 202 g/mol. The highest BCUT2D eigenvalue weighted by molar-refractivity contribution is 6.05. The van der Waals surface area contributed by atoms with Crippen molar-refractivity contribution in [1.82, 2.24) is 5.43 Å². The molecule has 1 unspecified atom stereocenters. The number of amides is 2. The highest BCUT2D eigenvalue weighted by Gasteiger charge is 2.24. The Hall–Kier alpha value is -1.84. The smallest absolute Gasteiger partial charge is 0.332 e. The van der Waals surface area contributed by atoms with Gasteiger partial charge in [-0.3, -0.25) is 0 Å². The van der Waals surface area contributed by atoms with Gasteiger partial charge in [-0.15, -0.1) is 0 Å². The van der Waals surface area contributed by atoms with Crippen LogP contribution in [0.4, 0.5) is 4.79 Å². The number of carbonyl (C=O) groups excluding carboxylic acids is 1. The first-order chi connectivity index (χ1) is 7.58. The molecule has 84 valence electrons. The lowest BCUT2D eigenvalue weighted by atomic mass is 10.0. The molecule has 4 heteroatoms. The predicted molar refractivity (Wildman–Crippen MR) is 63.5 cm³/mol. The molecule has 3 N–H and O–H groups in total. The summed E-state index contributed by atoms with van der Waals surface area (Å²) in [4.78, 5) is 10.6. The second kappa shape index (κ2) is 3.96. The van der Waals surface area contributed by atoms with Crippen molar-refractivity contribution < 1.29 is 4.79 Å². The van der Waals surface area contributed by atoms with Gasteiger partial charge in [0.15, 0.2) is 0 Å². The number of hydrazone groups is 1. The lowest BCUT2D eigenvalue weighted by molar-refractivity contribution is 0.249. The molecule has 0 saturated heterocycles. The van der Waals surface area contributed by atoms with Crippen LogP contribution in [-0.2, 0) is 0 Å². The van der Waals surface area contributed by atoms with Crippen molar-refractivity contribution in [2.24, 2.45) is 10.8 Å². The summed E-state index contributed by atoms with van der Waals surface area (Å²) < 4.78 is 0. The third-order valence-corrected chi connectivity index (χ3v) is 2.85. The van der Waals surface area contributed by atoms with Gasteiger partial charge in [-0.05, 0) is 30.9 Å². The van der Waals surface area contributed by atoms with Gasteiger partial charge in [-0.2, -0.15) is 5.10 Å². The Bertz CT molecular complexity index is 465. The zero-order chi connectivity index (χ0) is 11.7. The number of rotatable bonds is 1. The SMILES string of the molecule is Cc1ccc2c(c1)C(=NNC(N)=O)CC2C. The summed E-state index contributed by atoms with van der Waals surface area (Å²) in [7, 11) is 0. The number of fused-ring (bicyclic) bond motifs is 1. The molecule has 4 nitrogen and oxygen atoms in total. The number of aryl methyl sites for hydroxylation is 1. The van der Waals surface area contributed by atoms with Crippen LogP contribution in [0, 0.1) is 6.92 Å². The van der Waals surface area contributed by atoms with Gasteiger partial charge < -0.3 is 5.73 Å². The molecule has 0 aliphatic heterocycles. The number of nitrogens with one attached hydrogen (secondary N) is 1. The highest BCUT2D eigenvalue weighted by atomic mass is 16.2. The zero-order valence-corrected chi connectivity index (χ0v) is 9.45. The number of hydrogen-bond acceptors (Lipinski definition) is 2. The average molecular weight is 217 g/mol. The number of benzene rings is 1. The van der Waals surface area contributed by atoms with Crippen LogP contribution >= 0.6 is 0 Å². The maximum Gasteiger partial charge on any atom is 0.332 e. The van der Waals surface area contributed by atoms with Gasteiger partial charge >= 0.3 is 6.03 Å². The standard InChI is InChI=1S/C12H15N3O/c1-7-3-4-9-8(2)6-11(10(9)5-7)14-15-12(13)16/h3-5,8H,6H2,1-2H3,(H3,13,15,16). The maximum atomic E-state index is 10.6. The van der Waals surface area contributed by atoms with Crippen LogP contribution in [0.15, 0.2) is 23.3 Å². The molecular formula is C12H15N3O. The van der Waals surface area contributed by atoms with Crippen LogP contribution in [0.5, 0.6) is 0 Å². The monoisotopic (exact) mass is 217 g/mol. The molecule has 16 heavy (non-hydrogen) atoms. The minimum atomic E-state index is -0.624. The summed E-state index contributed by atoms with van der Waals surface area (Å²) >= 11 is 0. The first kappa shape index (κ1) is 10.7. The van der Waals surface area contributed by atoms with E-state index in [2.05, 4.69) is 35.7 Å². The molecule has 1 aliphatic carbocycles. The largest absolute Gasteiger partial charge is 0.350 e. The lowest BCUT2D eigenvalue weighted by Crippen LogP contribution is -2.25. The van der Waals surface area contributed by atoms with Crippen LogP contribution in [0.25, 0.3) is 0 Å². The summed E-state index contributed by atoms with van der Waals surface area (Å²) in [6.07, 6.45) is 0.846. The van der Waals surface area contributed by atoms with Crippen molar-refractivity contribution in [3.05, 3.63) is 34.9 Å². The van der Waals surface area contributed by atoms with Crippen LogP contribution in [0.2, 0.25) is 0 Å². The van der Waals surface area contributed by atoms with E-state index in [1.165, 1.54) is 11.1 Å². The predicted octanol–water partition coefficient (Wildman–Crippen LogP) is 1.87. The molecule has 2 amide bonds. The fourth-order valence-corrected chi connectivity index (χ4v) is 2.09. The Morgan fingerprint density at radius 1 is 1.56 bits per heavy atom. The molecule has 0 aromatic heterocycles. The Kier molecular flexibility index (Phi) is 2.64. The fraction of sp³-hybridized carbons (Fsp3) is 0.333. The summed E-state index contributed by atoms with van der Waals surface area (Å²) in [5.41, 5.74) is 11.8. The van der Waals surface area contributed by atoms with E-state index in [4.69, 9.17) is 5.73 Å². The molecule has 0 saturated carbocycles. The molecule has 1 aliphatic rings. The Labute approximate surface area is 94.5 Å². The number of carbonyl (C=O) groups is 1. The minimum absolute atomic E-state index is 0.448. The molecule has 1 aromatic carbocycles. The van der Waals surface area contributed by atoms with E-state index in [1.54, 1.807) is 0 Å². The molecule has 1 aromatic rings. The minimum Gasteiger partial charge on any atom is -0.350 e. The van der Waals surface area contributed by atoms with E-state index >= 15 is 0 Å². The summed E-state index contributed by atoms with van der Waals surface area (Å²) in [6, 6.07) is 5.70. The normalized spacial score (nSPS) is 20.9. The van der Waals surface area contributed by atoms with Gasteiger partial charge in [-0.1, -0.05) is 24.6 Å². The molecule has 2 rings (SSSR count). The van der Waals surface area contributed by atoms with Gasteiger partial charge in [0.1, 0.15) is 0 Å². The molecule has 0 spiro atoms. The third kappa shape index (κ3) is 1.91. The van der Waals surface area contributed by atoms with Crippen molar-refractivity contribution in [1.29, 1.82) is 0 Å².